The summed E-state index contributed by atoms with van der Waals surface area (Å²) >= 11 is 0. The van der Waals surface area contributed by atoms with Crippen LogP contribution in [0.3, 0.4) is 0 Å². The van der Waals surface area contributed by atoms with Crippen molar-refractivity contribution in [2.75, 3.05) is 0 Å². The van der Waals surface area contributed by atoms with Gasteiger partial charge in [-0.2, -0.15) is 0 Å². The van der Waals surface area contributed by atoms with E-state index >= 15 is 0 Å². The number of nitrogens with zero attached hydrogens (tertiary/aromatic N) is 2. The predicted octanol–water partition coefficient (Wildman–Crippen LogP) is 3.44. The van der Waals surface area contributed by atoms with Crippen molar-refractivity contribution in [3.05, 3.63) is 60.8 Å². The molecule has 18 heavy (non-hydrogen) atoms. The molecule has 2 nitrogen and oxygen atoms in total. The van der Waals surface area contributed by atoms with E-state index in [1.54, 1.807) is 6.20 Å². The molecule has 2 aromatic carbocycles. The monoisotopic (exact) mass is 417 g/mol. The number of imidazole rings is 1. The molecule has 0 amide bonds. The molecule has 0 aliphatic heterocycles. The number of hydrogen-bond acceptors (Lipinski definition) is 1. The van der Waals surface area contributed by atoms with Gasteiger partial charge in [-0.1, -0.05) is 23.5 Å². The van der Waals surface area contributed by atoms with Gasteiger partial charge in [0.15, 0.2) is 0 Å². The minimum atomic E-state index is -0.408. The van der Waals surface area contributed by atoms with Crippen molar-refractivity contribution in [2.45, 2.75) is 0 Å². The Morgan fingerprint density at radius 2 is 1.94 bits per heavy atom. The fraction of sp³-hybridized carbons (Fsp3) is 0. The van der Waals surface area contributed by atoms with E-state index in [9.17, 15) is 0 Å². The average molecular weight is 417 g/mol. The zero-order valence-corrected chi connectivity index (χ0v) is 11.3. The number of para-hydroxylation sites is 1. The smallest absolute Gasteiger partial charge is 0.0645 e. The molecule has 0 unspecified atom stereocenters. The molecule has 0 saturated carbocycles. The molecule has 3 heteroatoms. The van der Waals surface area contributed by atoms with Gasteiger partial charge in [-0.3, -0.25) is 4.98 Å². The molecule has 0 N–H and O–H groups in total. The summed E-state index contributed by atoms with van der Waals surface area (Å²) in [5.41, 5.74) is 0.532. The zero-order chi connectivity index (χ0) is 17.3. The normalized spacial score (nSPS) is 16.3. The van der Waals surface area contributed by atoms with Gasteiger partial charge >= 0.3 is 0 Å². The molecule has 89 valence electrons. The maximum absolute atomic E-state index is 8.23. The van der Waals surface area contributed by atoms with Crippen LogP contribution in [-0.4, -0.2) is 9.38 Å². The zero-order valence-electron chi connectivity index (χ0n) is 15.9. The second-order valence-corrected chi connectivity index (χ2v) is 3.59. The summed E-state index contributed by atoms with van der Waals surface area (Å²) < 4.78 is 57.6. The van der Waals surface area contributed by atoms with Crippen molar-refractivity contribution >= 4 is 27.3 Å². The Kier molecular flexibility index (Phi) is 1.39. The van der Waals surface area contributed by atoms with Crippen molar-refractivity contribution in [3.8, 4) is 0 Å². The van der Waals surface area contributed by atoms with Crippen LogP contribution in [0, 0.1) is 6.07 Å². The second kappa shape index (κ2) is 4.20. The fourth-order valence-corrected chi connectivity index (χ4v) is 2.00. The van der Waals surface area contributed by atoms with Gasteiger partial charge in [0.2, 0.25) is 0 Å². The second-order valence-electron chi connectivity index (χ2n) is 3.59. The van der Waals surface area contributed by atoms with Gasteiger partial charge in [0, 0.05) is 40.8 Å². The third-order valence-electron chi connectivity index (χ3n) is 2.71. The molecule has 0 spiro atoms. The van der Waals surface area contributed by atoms with Crippen LogP contribution in [0.4, 0.5) is 0 Å². The van der Waals surface area contributed by atoms with Crippen LogP contribution in [0.25, 0.3) is 27.3 Å². The molecule has 2 heterocycles. The third-order valence-corrected chi connectivity index (χ3v) is 2.71. The third kappa shape index (κ3) is 1.41. The average Bonchev–Trinajstić information content (AvgIpc) is 3.04. The fourth-order valence-electron chi connectivity index (χ4n) is 2.00. The first-order valence-electron chi connectivity index (χ1n) is 8.52. The van der Waals surface area contributed by atoms with E-state index in [4.69, 9.17) is 9.60 Å². The Morgan fingerprint density at radius 3 is 2.89 bits per heavy atom. The van der Waals surface area contributed by atoms with E-state index in [-0.39, 0.29) is 72.6 Å². The number of fused-ring (bicyclic) bond motifs is 6. The molecule has 1 radical (unpaired) electrons. The molecule has 0 bridgehead atoms. The predicted molar refractivity (Wildman–Crippen MR) is 69.0 cm³/mol. The maximum atomic E-state index is 8.23. The number of rotatable bonds is 0. The van der Waals surface area contributed by atoms with Crippen molar-refractivity contribution < 1.29 is 29.7 Å². The molecule has 0 aliphatic carbocycles. The number of hydrogen-bond donors (Lipinski definition) is 0. The van der Waals surface area contributed by atoms with Gasteiger partial charge in [0.05, 0.1) is 11.1 Å². The Hall–Kier alpha value is -1.70. The van der Waals surface area contributed by atoms with Gasteiger partial charge in [0.1, 0.15) is 0 Å². The first kappa shape index (κ1) is 5.96. The minimum Gasteiger partial charge on any atom is -0.340 e. The van der Waals surface area contributed by atoms with Gasteiger partial charge in [-0.25, -0.2) is 0 Å². The van der Waals surface area contributed by atoms with Crippen LogP contribution in [0.15, 0.2) is 54.7 Å². The number of pyridine rings is 1. The van der Waals surface area contributed by atoms with Crippen LogP contribution in [0.1, 0.15) is 9.60 Å². The summed E-state index contributed by atoms with van der Waals surface area (Å²) in [7, 11) is 0. The summed E-state index contributed by atoms with van der Waals surface area (Å²) in [6, 6.07) is 0.554. The molecule has 4 rings (SSSR count). The summed E-state index contributed by atoms with van der Waals surface area (Å²) in [6.07, 6.45) is 3.04. The van der Waals surface area contributed by atoms with Gasteiger partial charge in [-0.15, -0.1) is 29.6 Å². The SMILES string of the molecule is [2H]c1[c-]c2c(c([2H])c1[2H])c1c([2H])c([2H])c([2H])c([2H])c1n1ccnc21.[Ir]. The van der Waals surface area contributed by atoms with E-state index in [2.05, 4.69) is 11.1 Å². The largest absolute Gasteiger partial charge is 0.340 e. The van der Waals surface area contributed by atoms with E-state index in [1.807, 2.05) is 0 Å². The van der Waals surface area contributed by atoms with Crippen LogP contribution in [0.5, 0.6) is 0 Å². The van der Waals surface area contributed by atoms with Gasteiger partial charge in [0.25, 0.3) is 0 Å². The molecule has 4 aromatic rings. The standard InChI is InChI=1S/C15H9N2.Ir/c1-2-7-13-11(5-1)12-6-3-4-8-14(12)17-10-9-16-15(13)17;/h1-6,8-10H;/q-1;/i1D,2D,3D,4D,5D,6D,8D;. The molecular weight excluding hydrogens is 400 g/mol. The van der Waals surface area contributed by atoms with Crippen LogP contribution < -0.4 is 0 Å². The first-order valence-corrected chi connectivity index (χ1v) is 5.02. The van der Waals surface area contributed by atoms with Crippen molar-refractivity contribution in [1.29, 1.82) is 0 Å². The summed E-state index contributed by atoms with van der Waals surface area (Å²) in [6.45, 7) is 0. The van der Waals surface area contributed by atoms with Crippen LogP contribution in [0.2, 0.25) is 0 Å². The van der Waals surface area contributed by atoms with Gasteiger partial charge in [-0.05, 0) is 12.8 Å². The number of aromatic nitrogens is 2. The van der Waals surface area contributed by atoms with Crippen molar-refractivity contribution in [2.24, 2.45) is 0 Å². The maximum Gasteiger partial charge on any atom is 0.0645 e. The van der Waals surface area contributed by atoms with E-state index in [1.165, 1.54) is 10.6 Å². The Balaban J connectivity index is 0.00000182. The molecule has 2 aromatic heterocycles. The quantitative estimate of drug-likeness (QED) is 0.317. The molecular formula is C15H9IrN2-. The summed E-state index contributed by atoms with van der Waals surface area (Å²) in [5, 5.41) is 0.594. The summed E-state index contributed by atoms with van der Waals surface area (Å²) in [5.74, 6) is 0. The van der Waals surface area contributed by atoms with Crippen LogP contribution in [-0.2, 0) is 20.1 Å². The molecule has 0 aliphatic rings. The first-order chi connectivity index (χ1) is 11.3. The molecule has 0 fully saturated rings. The van der Waals surface area contributed by atoms with Gasteiger partial charge < -0.3 is 4.40 Å². The van der Waals surface area contributed by atoms with E-state index in [0.717, 1.165) is 0 Å². The number of benzene rings is 2. The van der Waals surface area contributed by atoms with E-state index < -0.39 is 6.04 Å². The van der Waals surface area contributed by atoms with Crippen LogP contribution >= 0.6 is 0 Å². The van der Waals surface area contributed by atoms with Crippen molar-refractivity contribution in [1.82, 2.24) is 9.38 Å². The summed E-state index contributed by atoms with van der Waals surface area (Å²) in [4.78, 5) is 4.18. The van der Waals surface area contributed by atoms with Crippen molar-refractivity contribution in [3.63, 3.8) is 0 Å². The Bertz CT molecular complexity index is 1190. The Labute approximate surface area is 127 Å². The minimum absolute atomic E-state index is 0. The molecule has 0 atom stereocenters. The van der Waals surface area contributed by atoms with E-state index in [0.29, 0.717) is 11.0 Å². The Morgan fingerprint density at radius 1 is 1.11 bits per heavy atom. The molecule has 0 saturated heterocycles. The topological polar surface area (TPSA) is 17.3 Å².